The standard InChI is InChI=1S/C18H29N3O3.ClH/c1-4-24-16-11-10-14(18(23)21(2)3)13-15(16)20-17(22)9-7-5-6-8-12-19;/h10-11,13H,4-9,12,19H2,1-3H3,(H,20,22);1H. The summed E-state index contributed by atoms with van der Waals surface area (Å²) in [6.07, 6.45) is 4.29. The fourth-order valence-corrected chi connectivity index (χ4v) is 2.30. The molecule has 0 heterocycles. The van der Waals surface area contributed by atoms with Crippen LogP contribution < -0.4 is 15.8 Å². The van der Waals surface area contributed by atoms with Crippen LogP contribution >= 0.6 is 12.4 Å². The Hall–Kier alpha value is -1.79. The van der Waals surface area contributed by atoms with Gasteiger partial charge in [-0.2, -0.15) is 0 Å². The van der Waals surface area contributed by atoms with Gasteiger partial charge in [-0.3, -0.25) is 9.59 Å². The Balaban J connectivity index is 0.00000576. The molecule has 1 aromatic carbocycles. The van der Waals surface area contributed by atoms with Gasteiger partial charge in [-0.1, -0.05) is 12.8 Å². The molecule has 0 radical (unpaired) electrons. The van der Waals surface area contributed by atoms with Gasteiger partial charge >= 0.3 is 0 Å². The molecule has 6 nitrogen and oxygen atoms in total. The van der Waals surface area contributed by atoms with Gasteiger partial charge in [0.25, 0.3) is 5.91 Å². The summed E-state index contributed by atoms with van der Waals surface area (Å²) in [6, 6.07) is 5.09. The van der Waals surface area contributed by atoms with Crippen LogP contribution in [0.15, 0.2) is 18.2 Å². The van der Waals surface area contributed by atoms with Crippen molar-refractivity contribution < 1.29 is 14.3 Å². The lowest BCUT2D eigenvalue weighted by molar-refractivity contribution is -0.116. The van der Waals surface area contributed by atoms with E-state index in [1.807, 2.05) is 6.92 Å². The Morgan fingerprint density at radius 2 is 1.84 bits per heavy atom. The number of benzene rings is 1. The van der Waals surface area contributed by atoms with E-state index in [0.29, 0.717) is 36.6 Å². The number of hydrogen-bond donors (Lipinski definition) is 2. The minimum atomic E-state index is -0.115. The van der Waals surface area contributed by atoms with E-state index in [4.69, 9.17) is 10.5 Å². The number of anilines is 1. The van der Waals surface area contributed by atoms with Crippen molar-refractivity contribution in [1.29, 1.82) is 0 Å². The summed E-state index contributed by atoms with van der Waals surface area (Å²) >= 11 is 0. The maximum Gasteiger partial charge on any atom is 0.253 e. The lowest BCUT2D eigenvalue weighted by Crippen LogP contribution is -2.22. The summed E-state index contributed by atoms with van der Waals surface area (Å²) < 4.78 is 5.54. The predicted octanol–water partition coefficient (Wildman–Crippen LogP) is 3.06. The van der Waals surface area contributed by atoms with E-state index in [9.17, 15) is 9.59 Å². The monoisotopic (exact) mass is 371 g/mol. The van der Waals surface area contributed by atoms with Gasteiger partial charge in [-0.15, -0.1) is 12.4 Å². The summed E-state index contributed by atoms with van der Waals surface area (Å²) in [7, 11) is 3.39. The van der Waals surface area contributed by atoms with Crippen LogP contribution in [0.5, 0.6) is 5.75 Å². The van der Waals surface area contributed by atoms with Gasteiger partial charge in [0.15, 0.2) is 0 Å². The molecule has 25 heavy (non-hydrogen) atoms. The summed E-state index contributed by atoms with van der Waals surface area (Å²) in [4.78, 5) is 25.7. The van der Waals surface area contributed by atoms with Crippen molar-refractivity contribution in [2.24, 2.45) is 5.73 Å². The van der Waals surface area contributed by atoms with Crippen LogP contribution in [0.4, 0.5) is 5.69 Å². The van der Waals surface area contributed by atoms with Gasteiger partial charge in [-0.05, 0) is 44.5 Å². The fraction of sp³-hybridized carbons (Fsp3) is 0.556. The molecule has 0 aliphatic rings. The number of nitrogens with two attached hydrogens (primary N) is 1. The zero-order valence-corrected chi connectivity index (χ0v) is 16.2. The van der Waals surface area contributed by atoms with Crippen LogP contribution in [0.2, 0.25) is 0 Å². The lowest BCUT2D eigenvalue weighted by Gasteiger charge is -2.15. The number of nitrogens with zero attached hydrogens (tertiary/aromatic N) is 1. The molecule has 0 aromatic heterocycles. The second-order valence-electron chi connectivity index (χ2n) is 5.84. The first-order valence-electron chi connectivity index (χ1n) is 8.48. The molecule has 0 bridgehead atoms. The SMILES string of the molecule is CCOc1ccc(C(=O)N(C)C)cc1NC(=O)CCCCCCN.Cl. The molecule has 0 aliphatic carbocycles. The average Bonchev–Trinajstić information content (AvgIpc) is 2.55. The van der Waals surface area contributed by atoms with Crippen LogP contribution in [0.1, 0.15) is 49.4 Å². The number of amides is 2. The maximum absolute atomic E-state index is 12.1. The Morgan fingerprint density at radius 1 is 1.16 bits per heavy atom. The Morgan fingerprint density at radius 3 is 2.44 bits per heavy atom. The maximum atomic E-state index is 12.1. The number of rotatable bonds is 10. The molecule has 0 aliphatic heterocycles. The van der Waals surface area contributed by atoms with Gasteiger partial charge in [0, 0.05) is 26.1 Å². The van der Waals surface area contributed by atoms with Gasteiger partial charge in [0.1, 0.15) is 5.75 Å². The van der Waals surface area contributed by atoms with Gasteiger partial charge in [0.05, 0.1) is 12.3 Å². The first-order valence-corrected chi connectivity index (χ1v) is 8.48. The molecule has 2 amide bonds. The van der Waals surface area contributed by atoms with Crippen molar-refractivity contribution in [3.63, 3.8) is 0 Å². The molecule has 1 rings (SSSR count). The molecule has 0 atom stereocenters. The molecular weight excluding hydrogens is 342 g/mol. The molecule has 1 aromatic rings. The van der Waals surface area contributed by atoms with E-state index in [0.717, 1.165) is 25.7 Å². The Kier molecular flexibility index (Phi) is 11.7. The van der Waals surface area contributed by atoms with E-state index >= 15 is 0 Å². The summed E-state index contributed by atoms with van der Waals surface area (Å²) in [6.45, 7) is 3.06. The van der Waals surface area contributed by atoms with Crippen LogP contribution in [0.3, 0.4) is 0 Å². The lowest BCUT2D eigenvalue weighted by atomic mass is 10.1. The molecule has 0 saturated heterocycles. The number of unbranched alkanes of at least 4 members (excludes halogenated alkanes) is 3. The van der Waals surface area contributed by atoms with Crippen molar-refractivity contribution in [2.45, 2.75) is 39.0 Å². The molecule has 7 heteroatoms. The van der Waals surface area contributed by atoms with Crippen LogP contribution in [0.25, 0.3) is 0 Å². The zero-order valence-electron chi connectivity index (χ0n) is 15.3. The highest BCUT2D eigenvalue weighted by Crippen LogP contribution is 2.26. The smallest absolute Gasteiger partial charge is 0.253 e. The highest BCUT2D eigenvalue weighted by atomic mass is 35.5. The average molecular weight is 372 g/mol. The number of carbonyl (C=O) groups is 2. The van der Waals surface area contributed by atoms with Crippen molar-refractivity contribution in [3.05, 3.63) is 23.8 Å². The topological polar surface area (TPSA) is 84.7 Å². The third-order valence-electron chi connectivity index (χ3n) is 3.56. The first kappa shape index (κ1) is 23.2. The third-order valence-corrected chi connectivity index (χ3v) is 3.56. The fourth-order valence-electron chi connectivity index (χ4n) is 2.30. The molecule has 3 N–H and O–H groups in total. The Bertz CT molecular complexity index is 550. The van der Waals surface area contributed by atoms with E-state index < -0.39 is 0 Å². The molecule has 0 spiro atoms. The number of ether oxygens (including phenoxy) is 1. The number of hydrogen-bond acceptors (Lipinski definition) is 4. The number of halogens is 1. The van der Waals surface area contributed by atoms with E-state index in [2.05, 4.69) is 5.32 Å². The highest BCUT2D eigenvalue weighted by Gasteiger charge is 2.14. The molecule has 0 fully saturated rings. The second-order valence-corrected chi connectivity index (χ2v) is 5.84. The van der Waals surface area contributed by atoms with E-state index in [-0.39, 0.29) is 24.2 Å². The molecule has 0 saturated carbocycles. The largest absolute Gasteiger partial charge is 0.492 e. The number of nitrogens with one attached hydrogen (secondary N) is 1. The molecule has 0 unspecified atom stereocenters. The molecular formula is C18H30ClN3O3. The van der Waals surface area contributed by atoms with Gasteiger partial charge in [-0.25, -0.2) is 0 Å². The minimum absolute atomic E-state index is 0. The van der Waals surface area contributed by atoms with Crippen molar-refractivity contribution >= 4 is 29.9 Å². The van der Waals surface area contributed by atoms with Crippen molar-refractivity contribution in [2.75, 3.05) is 32.6 Å². The summed E-state index contributed by atoms with van der Waals surface area (Å²) in [5.74, 6) is 0.387. The van der Waals surface area contributed by atoms with Gasteiger partial charge < -0.3 is 20.7 Å². The van der Waals surface area contributed by atoms with Gasteiger partial charge in [0.2, 0.25) is 5.91 Å². The van der Waals surface area contributed by atoms with Crippen LogP contribution in [0, 0.1) is 0 Å². The van der Waals surface area contributed by atoms with E-state index in [1.54, 1.807) is 32.3 Å². The highest BCUT2D eigenvalue weighted by molar-refractivity contribution is 5.98. The number of carbonyl (C=O) groups excluding carboxylic acids is 2. The normalized spacial score (nSPS) is 9.92. The van der Waals surface area contributed by atoms with E-state index in [1.165, 1.54) is 4.90 Å². The third kappa shape index (κ3) is 8.23. The molecule has 142 valence electrons. The second kappa shape index (κ2) is 12.6. The van der Waals surface area contributed by atoms with Crippen molar-refractivity contribution in [3.8, 4) is 5.75 Å². The summed E-state index contributed by atoms with van der Waals surface area (Å²) in [5.41, 5.74) is 6.51. The summed E-state index contributed by atoms with van der Waals surface area (Å²) in [5, 5.41) is 2.86. The predicted molar refractivity (Wildman–Crippen MR) is 104 cm³/mol. The van der Waals surface area contributed by atoms with Crippen LogP contribution in [-0.4, -0.2) is 44.0 Å². The Labute approximate surface area is 156 Å². The quantitative estimate of drug-likeness (QED) is 0.619. The zero-order chi connectivity index (χ0) is 17.9. The first-order chi connectivity index (χ1) is 11.5. The van der Waals surface area contributed by atoms with Crippen molar-refractivity contribution in [1.82, 2.24) is 4.90 Å². The van der Waals surface area contributed by atoms with Crippen LogP contribution in [-0.2, 0) is 4.79 Å². The minimum Gasteiger partial charge on any atom is -0.492 e.